The highest BCUT2D eigenvalue weighted by Crippen LogP contribution is 2.28. The van der Waals surface area contributed by atoms with Crippen molar-refractivity contribution in [3.63, 3.8) is 0 Å². The molecule has 0 aliphatic carbocycles. The highest BCUT2D eigenvalue weighted by molar-refractivity contribution is 7.09. The summed E-state index contributed by atoms with van der Waals surface area (Å²) in [4.78, 5) is 11.5. The largest absolute Gasteiger partial charge is 0.478 e. The van der Waals surface area contributed by atoms with Gasteiger partial charge in [-0.2, -0.15) is 0 Å². The number of carbonyl (C=O) groups is 1. The van der Waals surface area contributed by atoms with Crippen molar-refractivity contribution in [2.45, 2.75) is 0 Å². The van der Waals surface area contributed by atoms with Gasteiger partial charge in [-0.05, 0) is 23.7 Å². The molecule has 0 bridgehead atoms. The first-order valence-corrected chi connectivity index (χ1v) is 4.90. The van der Waals surface area contributed by atoms with E-state index in [0.717, 1.165) is 17.6 Å². The Labute approximate surface area is 89.0 Å². The zero-order valence-electron chi connectivity index (χ0n) is 7.48. The molecule has 3 nitrogen and oxygen atoms in total. The summed E-state index contributed by atoms with van der Waals surface area (Å²) in [7, 11) is 0. The number of rotatable bonds is 2. The quantitative estimate of drug-likeness (QED) is 0.851. The molecule has 0 saturated heterocycles. The molecular weight excluding hydrogens is 217 g/mol. The summed E-state index contributed by atoms with van der Waals surface area (Å²) in [5.74, 6) is -2.00. The zero-order chi connectivity index (χ0) is 10.8. The molecule has 2 aromatic rings. The lowest BCUT2D eigenvalue weighted by atomic mass is 10.1. The first-order valence-electron chi connectivity index (χ1n) is 4.13. The predicted octanol–water partition coefficient (Wildman–Crippen LogP) is 2.65. The van der Waals surface area contributed by atoms with Gasteiger partial charge in [-0.1, -0.05) is 12.1 Å². The Morgan fingerprint density at radius 3 is 2.80 bits per heavy atom. The van der Waals surface area contributed by atoms with Crippen molar-refractivity contribution < 1.29 is 14.3 Å². The Morgan fingerprint density at radius 1 is 1.40 bits per heavy atom. The molecule has 0 amide bonds. The summed E-state index contributed by atoms with van der Waals surface area (Å²) in [6.07, 6.45) is 1.55. The number of hydrogen-bond acceptors (Lipinski definition) is 3. The van der Waals surface area contributed by atoms with Crippen LogP contribution in [0.1, 0.15) is 10.4 Å². The Balaban J connectivity index is 2.66. The van der Waals surface area contributed by atoms with E-state index in [1.54, 1.807) is 18.3 Å². The van der Waals surface area contributed by atoms with E-state index in [1.807, 2.05) is 0 Å². The van der Waals surface area contributed by atoms with Gasteiger partial charge in [-0.3, -0.25) is 0 Å². The normalized spacial score (nSPS) is 10.2. The number of benzene rings is 1. The number of carboxylic acids is 1. The minimum absolute atomic E-state index is 0.304. The van der Waals surface area contributed by atoms with Crippen molar-refractivity contribution >= 4 is 17.5 Å². The van der Waals surface area contributed by atoms with Crippen molar-refractivity contribution in [1.82, 2.24) is 4.37 Å². The molecule has 1 N–H and O–H groups in total. The second-order valence-electron chi connectivity index (χ2n) is 2.84. The van der Waals surface area contributed by atoms with Gasteiger partial charge in [0.05, 0.1) is 4.88 Å². The maximum Gasteiger partial charge on any atom is 0.339 e. The number of carboxylic acid groups (broad SMARTS) is 1. The second-order valence-corrected chi connectivity index (χ2v) is 3.68. The third kappa shape index (κ3) is 1.73. The summed E-state index contributed by atoms with van der Waals surface area (Å²) in [5.41, 5.74) is 0.0618. The highest BCUT2D eigenvalue weighted by Gasteiger charge is 2.17. The molecule has 1 aromatic carbocycles. The van der Waals surface area contributed by atoms with Crippen LogP contribution in [0, 0.1) is 5.82 Å². The number of aromatic nitrogens is 1. The molecule has 0 aliphatic heterocycles. The van der Waals surface area contributed by atoms with Crippen LogP contribution in [0.2, 0.25) is 0 Å². The molecule has 5 heteroatoms. The topological polar surface area (TPSA) is 50.2 Å². The van der Waals surface area contributed by atoms with E-state index in [4.69, 9.17) is 5.11 Å². The van der Waals surface area contributed by atoms with Crippen molar-refractivity contribution in [3.8, 4) is 10.4 Å². The average molecular weight is 223 g/mol. The van der Waals surface area contributed by atoms with Crippen LogP contribution in [0.4, 0.5) is 4.39 Å². The lowest BCUT2D eigenvalue weighted by molar-refractivity contribution is 0.0693. The molecule has 1 heterocycles. The first kappa shape index (κ1) is 9.79. The van der Waals surface area contributed by atoms with Gasteiger partial charge >= 0.3 is 5.97 Å². The summed E-state index contributed by atoms with van der Waals surface area (Å²) in [6.45, 7) is 0. The van der Waals surface area contributed by atoms with Gasteiger partial charge in [0.1, 0.15) is 11.4 Å². The van der Waals surface area contributed by atoms with Gasteiger partial charge in [0, 0.05) is 11.8 Å². The van der Waals surface area contributed by atoms with Gasteiger partial charge in [0.2, 0.25) is 0 Å². The third-order valence-corrected chi connectivity index (χ3v) is 2.71. The fourth-order valence-corrected chi connectivity index (χ4v) is 1.93. The number of hydrogen-bond donors (Lipinski definition) is 1. The molecule has 2 rings (SSSR count). The van der Waals surface area contributed by atoms with Gasteiger partial charge in [0.25, 0.3) is 0 Å². The van der Waals surface area contributed by atoms with Gasteiger partial charge < -0.3 is 5.11 Å². The van der Waals surface area contributed by atoms with Crippen LogP contribution in [-0.4, -0.2) is 15.4 Å². The molecule has 0 fully saturated rings. The van der Waals surface area contributed by atoms with Crippen LogP contribution in [0.5, 0.6) is 0 Å². The predicted molar refractivity (Wildman–Crippen MR) is 54.5 cm³/mol. The summed E-state index contributed by atoms with van der Waals surface area (Å²) < 4.78 is 17.2. The van der Waals surface area contributed by atoms with E-state index in [2.05, 4.69) is 4.37 Å². The third-order valence-electron chi connectivity index (χ3n) is 1.93. The second kappa shape index (κ2) is 3.78. The fourth-order valence-electron chi connectivity index (χ4n) is 1.30. The fraction of sp³-hybridized carbons (Fsp3) is 0. The lowest BCUT2D eigenvalue weighted by Crippen LogP contribution is -2.02. The maximum absolute atomic E-state index is 13.3. The van der Waals surface area contributed by atoms with E-state index >= 15 is 0 Å². The molecule has 0 saturated carbocycles. The average Bonchev–Trinajstić information content (AvgIpc) is 2.69. The Hall–Kier alpha value is -1.75. The standard InChI is InChI=1S/C10H6FNO2S/c11-7-3-1-2-6(9(7)10(13)14)8-4-5-12-15-8/h1-5H,(H,13,14). The van der Waals surface area contributed by atoms with Crippen molar-refractivity contribution in [3.05, 3.63) is 41.8 Å². The van der Waals surface area contributed by atoms with E-state index in [-0.39, 0.29) is 5.56 Å². The van der Waals surface area contributed by atoms with Crippen LogP contribution < -0.4 is 0 Å². The van der Waals surface area contributed by atoms with Crippen molar-refractivity contribution in [1.29, 1.82) is 0 Å². The minimum atomic E-state index is -1.27. The van der Waals surface area contributed by atoms with Crippen molar-refractivity contribution in [2.24, 2.45) is 0 Å². The zero-order valence-corrected chi connectivity index (χ0v) is 8.29. The maximum atomic E-state index is 13.3. The lowest BCUT2D eigenvalue weighted by Gasteiger charge is -2.03. The Morgan fingerprint density at radius 2 is 2.20 bits per heavy atom. The summed E-state index contributed by atoms with van der Waals surface area (Å²) in [5, 5.41) is 8.89. The molecule has 0 radical (unpaired) electrons. The van der Waals surface area contributed by atoms with E-state index in [9.17, 15) is 9.18 Å². The van der Waals surface area contributed by atoms with Crippen LogP contribution in [0.25, 0.3) is 10.4 Å². The van der Waals surface area contributed by atoms with E-state index in [0.29, 0.717) is 10.4 Å². The molecule has 76 valence electrons. The number of halogens is 1. The van der Waals surface area contributed by atoms with Crippen LogP contribution >= 0.6 is 11.5 Å². The van der Waals surface area contributed by atoms with Gasteiger partial charge in [0.15, 0.2) is 0 Å². The molecule has 0 spiro atoms. The number of aromatic carboxylic acids is 1. The number of nitrogens with zero attached hydrogens (tertiary/aromatic N) is 1. The molecule has 0 unspecified atom stereocenters. The van der Waals surface area contributed by atoms with E-state index < -0.39 is 11.8 Å². The first-order chi connectivity index (χ1) is 7.20. The Kier molecular flexibility index (Phi) is 2.47. The SMILES string of the molecule is O=C(O)c1c(F)cccc1-c1ccns1. The van der Waals surface area contributed by atoms with Crippen molar-refractivity contribution in [2.75, 3.05) is 0 Å². The molecule has 0 aliphatic rings. The van der Waals surface area contributed by atoms with Gasteiger partial charge in [-0.15, -0.1) is 0 Å². The molecule has 15 heavy (non-hydrogen) atoms. The smallest absolute Gasteiger partial charge is 0.339 e. The highest BCUT2D eigenvalue weighted by atomic mass is 32.1. The molecule has 1 aromatic heterocycles. The van der Waals surface area contributed by atoms with Crippen LogP contribution in [0.15, 0.2) is 30.5 Å². The monoisotopic (exact) mass is 223 g/mol. The molecule has 0 atom stereocenters. The summed E-state index contributed by atoms with van der Waals surface area (Å²) in [6, 6.07) is 5.84. The van der Waals surface area contributed by atoms with E-state index in [1.165, 1.54) is 6.07 Å². The minimum Gasteiger partial charge on any atom is -0.478 e. The summed E-state index contributed by atoms with van der Waals surface area (Å²) >= 11 is 1.14. The van der Waals surface area contributed by atoms with Crippen LogP contribution in [-0.2, 0) is 0 Å². The van der Waals surface area contributed by atoms with Crippen LogP contribution in [0.3, 0.4) is 0 Å². The molecular formula is C10H6FNO2S. The Bertz CT molecular complexity index is 496. The van der Waals surface area contributed by atoms with Gasteiger partial charge in [-0.25, -0.2) is 13.6 Å².